The van der Waals surface area contributed by atoms with Gasteiger partial charge in [0.05, 0.1) is 11.0 Å². The number of aromatic amines is 2. The Morgan fingerprint density at radius 3 is 1.27 bits per heavy atom. The molecule has 6 heteroatoms. The first kappa shape index (κ1) is 30.2. The Morgan fingerprint density at radius 2 is 0.827 bits per heavy atom. The first-order chi connectivity index (χ1) is 25.7. The highest BCUT2D eigenvalue weighted by Gasteiger charge is 2.16. The molecule has 246 valence electrons. The molecule has 2 N–H and O–H groups in total. The number of fused-ring (bicyclic) bond motifs is 10. The van der Waals surface area contributed by atoms with Gasteiger partial charge in [-0.05, 0) is 105 Å². The quantitative estimate of drug-likeness (QED) is 0.170. The van der Waals surface area contributed by atoms with Gasteiger partial charge >= 0.3 is 0 Å². The number of hydrogen-bond acceptors (Lipinski definition) is 4. The largest absolute Gasteiger partial charge is 0.354 e. The van der Waals surface area contributed by atoms with Gasteiger partial charge in [-0.3, -0.25) is 0 Å². The van der Waals surface area contributed by atoms with Gasteiger partial charge in [-0.1, -0.05) is 72.8 Å². The Kier molecular flexibility index (Phi) is 6.98. The number of rotatable bonds is 6. The molecule has 11 rings (SSSR count). The van der Waals surface area contributed by atoms with Crippen LogP contribution in [0.3, 0.4) is 0 Å². The topological polar surface area (TPSA) is 31.6 Å². The van der Waals surface area contributed by atoms with Gasteiger partial charge in [0.1, 0.15) is 0 Å². The van der Waals surface area contributed by atoms with E-state index in [9.17, 15) is 0 Å². The van der Waals surface area contributed by atoms with Crippen molar-refractivity contribution in [1.29, 1.82) is 0 Å². The van der Waals surface area contributed by atoms with Crippen LogP contribution in [0.25, 0.3) is 109 Å². The van der Waals surface area contributed by atoms with Crippen LogP contribution in [0.15, 0.2) is 132 Å². The molecular formula is C46H28N2S4. The molecule has 11 aromatic rings. The smallest absolute Gasteiger partial charge is 0.0544 e. The van der Waals surface area contributed by atoms with E-state index in [0.717, 1.165) is 11.0 Å². The number of hydrogen-bond donors (Lipinski definition) is 2. The van der Waals surface area contributed by atoms with Crippen molar-refractivity contribution in [3.05, 3.63) is 153 Å². The van der Waals surface area contributed by atoms with Crippen LogP contribution in [-0.4, -0.2) is 9.97 Å². The molecule has 0 fully saturated rings. The van der Waals surface area contributed by atoms with Crippen molar-refractivity contribution < 1.29 is 0 Å². The molecule has 52 heavy (non-hydrogen) atoms. The van der Waals surface area contributed by atoms with Crippen LogP contribution in [0.1, 0.15) is 20.9 Å². The zero-order chi connectivity index (χ0) is 34.2. The minimum Gasteiger partial charge on any atom is -0.354 e. The third kappa shape index (κ3) is 4.94. The van der Waals surface area contributed by atoms with E-state index in [2.05, 4.69) is 166 Å². The molecule has 0 aliphatic heterocycles. The summed E-state index contributed by atoms with van der Waals surface area (Å²) in [5.74, 6) is 0. The fraction of sp³-hybridized carbons (Fsp3) is 0. The molecule has 0 amide bonds. The first-order valence-electron chi connectivity index (χ1n) is 17.2. The molecule has 0 saturated heterocycles. The fourth-order valence-corrected chi connectivity index (χ4v) is 11.1. The molecule has 2 nitrogen and oxygen atoms in total. The van der Waals surface area contributed by atoms with Crippen LogP contribution in [-0.2, 0) is 0 Å². The molecule has 6 aromatic heterocycles. The molecule has 0 bridgehead atoms. The van der Waals surface area contributed by atoms with Crippen LogP contribution >= 0.6 is 45.3 Å². The molecule has 6 heterocycles. The number of aromatic nitrogens is 2. The summed E-state index contributed by atoms with van der Waals surface area (Å²) in [5.41, 5.74) is 7.12. The van der Waals surface area contributed by atoms with E-state index < -0.39 is 0 Å². The molecule has 0 radical (unpaired) electrons. The fourth-order valence-electron chi connectivity index (χ4n) is 7.63. The van der Waals surface area contributed by atoms with Crippen molar-refractivity contribution in [2.45, 2.75) is 0 Å². The second-order valence-electron chi connectivity index (χ2n) is 13.1. The minimum atomic E-state index is 1.15. The molecule has 0 unspecified atom stereocenters. The van der Waals surface area contributed by atoms with Crippen molar-refractivity contribution in [2.24, 2.45) is 0 Å². The summed E-state index contributed by atoms with van der Waals surface area (Å²) in [6.07, 6.45) is 9.09. The summed E-state index contributed by atoms with van der Waals surface area (Å²) in [5, 5.41) is 14.2. The Labute approximate surface area is 315 Å². The lowest BCUT2D eigenvalue weighted by Gasteiger charge is -2.05. The molecule has 0 saturated carbocycles. The van der Waals surface area contributed by atoms with Gasteiger partial charge in [-0.25, -0.2) is 0 Å². The highest BCUT2D eigenvalue weighted by molar-refractivity contribution is 7.22. The summed E-state index contributed by atoms with van der Waals surface area (Å²) in [6, 6.07) is 44.5. The van der Waals surface area contributed by atoms with Crippen molar-refractivity contribution in [3.8, 4) is 19.5 Å². The average molecular weight is 737 g/mol. The van der Waals surface area contributed by atoms with Crippen LogP contribution in [0, 0.1) is 0 Å². The minimum absolute atomic E-state index is 1.15. The first-order valence-corrected chi connectivity index (χ1v) is 20.6. The van der Waals surface area contributed by atoms with Crippen LogP contribution in [0.4, 0.5) is 0 Å². The Hall–Kier alpha value is -5.50. The van der Waals surface area contributed by atoms with Gasteiger partial charge in [0.15, 0.2) is 0 Å². The molecule has 0 atom stereocenters. The maximum Gasteiger partial charge on any atom is 0.0544 e. The molecular weight excluding hydrogens is 709 g/mol. The highest BCUT2D eigenvalue weighted by atomic mass is 32.1. The lowest BCUT2D eigenvalue weighted by atomic mass is 9.98. The normalized spacial score (nSPS) is 12.5. The maximum absolute atomic E-state index is 3.85. The monoisotopic (exact) mass is 736 g/mol. The summed E-state index contributed by atoms with van der Waals surface area (Å²) >= 11 is 7.26. The predicted octanol–water partition coefficient (Wildman–Crippen LogP) is 15.2. The SMILES string of the molecule is C(=C\c1cc2c3cc4[nH]c5c6ccccc6c(/C=C/c6ccc(-c7cccs7)s6)cc5c4cc3[nH]c2c2ccccc12)/c1ccc(-c2cccs2)s1. The zero-order valence-corrected chi connectivity index (χ0v) is 30.9. The van der Waals surface area contributed by atoms with Gasteiger partial charge in [0.2, 0.25) is 0 Å². The zero-order valence-electron chi connectivity index (χ0n) is 27.6. The third-order valence-corrected chi connectivity index (χ3v) is 14.3. The Morgan fingerprint density at radius 1 is 0.365 bits per heavy atom. The maximum atomic E-state index is 3.85. The molecule has 5 aromatic carbocycles. The third-order valence-electron chi connectivity index (χ3n) is 10.0. The van der Waals surface area contributed by atoms with Gasteiger partial charge in [-0.15, -0.1) is 45.3 Å². The van der Waals surface area contributed by atoms with Crippen molar-refractivity contribution in [2.75, 3.05) is 0 Å². The van der Waals surface area contributed by atoms with Crippen LogP contribution in [0.2, 0.25) is 0 Å². The standard InChI is InChI=1S/C46H28N2S4/c1-3-9-33-31(7-1)27(13-15-29-17-19-43(51-29)41-11-5-21-49-41)23-37-35-25-40-36(26-39(35)47-45(33)37)38-24-28(32-8-2-4-10-34(32)46(38)48-40)14-16-30-18-20-44(52-30)42-12-6-22-50-42/h1-26,47-48H/b15-13+,16-14+. The van der Waals surface area contributed by atoms with Gasteiger partial charge in [0, 0.05) is 72.6 Å². The van der Waals surface area contributed by atoms with Crippen LogP contribution < -0.4 is 0 Å². The summed E-state index contributed by atoms with van der Waals surface area (Å²) < 4.78 is 0. The summed E-state index contributed by atoms with van der Waals surface area (Å²) in [7, 11) is 0. The second kappa shape index (κ2) is 12.0. The van der Waals surface area contributed by atoms with E-state index in [1.165, 1.54) is 94.5 Å². The average Bonchev–Trinajstić information content (AvgIpc) is 4.04. The Bertz CT molecular complexity index is 2960. The van der Waals surface area contributed by atoms with E-state index in [1.807, 2.05) is 22.7 Å². The van der Waals surface area contributed by atoms with Crippen molar-refractivity contribution in [3.63, 3.8) is 0 Å². The van der Waals surface area contributed by atoms with Crippen molar-refractivity contribution in [1.82, 2.24) is 9.97 Å². The highest BCUT2D eigenvalue weighted by Crippen LogP contribution is 2.41. The van der Waals surface area contributed by atoms with Crippen molar-refractivity contribution >= 4 is 135 Å². The summed E-state index contributed by atoms with van der Waals surface area (Å²) in [6.45, 7) is 0. The number of nitrogens with one attached hydrogen (secondary N) is 2. The van der Waals surface area contributed by atoms with E-state index in [1.54, 1.807) is 22.7 Å². The lowest BCUT2D eigenvalue weighted by molar-refractivity contribution is 1.56. The number of thiophene rings is 4. The number of H-pyrrole nitrogens is 2. The predicted molar refractivity (Wildman–Crippen MR) is 233 cm³/mol. The van der Waals surface area contributed by atoms with E-state index >= 15 is 0 Å². The van der Waals surface area contributed by atoms with Gasteiger partial charge in [0.25, 0.3) is 0 Å². The van der Waals surface area contributed by atoms with Gasteiger partial charge < -0.3 is 9.97 Å². The van der Waals surface area contributed by atoms with Gasteiger partial charge in [-0.2, -0.15) is 0 Å². The second-order valence-corrected chi connectivity index (χ2v) is 17.2. The van der Waals surface area contributed by atoms with Crippen LogP contribution in [0.5, 0.6) is 0 Å². The molecule has 0 spiro atoms. The van der Waals surface area contributed by atoms with E-state index in [4.69, 9.17) is 0 Å². The Balaban J connectivity index is 1.05. The van der Waals surface area contributed by atoms with E-state index in [-0.39, 0.29) is 0 Å². The number of benzene rings is 5. The summed E-state index contributed by atoms with van der Waals surface area (Å²) in [4.78, 5) is 15.5. The lowest BCUT2D eigenvalue weighted by Crippen LogP contribution is -1.81. The van der Waals surface area contributed by atoms with E-state index in [0.29, 0.717) is 0 Å². The molecule has 0 aliphatic carbocycles. The molecule has 0 aliphatic rings.